The van der Waals surface area contributed by atoms with E-state index in [1.165, 1.54) is 12.1 Å². The van der Waals surface area contributed by atoms with Gasteiger partial charge >= 0.3 is 0 Å². The Morgan fingerprint density at radius 2 is 1.78 bits per heavy atom. The molecule has 0 unspecified atom stereocenters. The van der Waals surface area contributed by atoms with Crippen LogP contribution < -0.4 is 10.7 Å². The van der Waals surface area contributed by atoms with Gasteiger partial charge in [-0.2, -0.15) is 9.41 Å². The van der Waals surface area contributed by atoms with E-state index in [2.05, 4.69) is 29.7 Å². The predicted octanol–water partition coefficient (Wildman–Crippen LogP) is 1.56. The SMILES string of the molecule is C[C@@H]1C[C@H](C)CN(S(=O)(=O)c2ccc(NC(=O)C3=NNC(=O)CC3)cc2)C1. The molecule has 1 fully saturated rings. The average molecular weight is 392 g/mol. The van der Waals surface area contributed by atoms with Gasteiger partial charge in [0.15, 0.2) is 0 Å². The number of amides is 2. The number of hydrogen-bond donors (Lipinski definition) is 2. The first kappa shape index (κ1) is 19.5. The highest BCUT2D eigenvalue weighted by Crippen LogP contribution is 2.27. The number of hydrogen-bond acceptors (Lipinski definition) is 5. The van der Waals surface area contributed by atoms with E-state index in [0.29, 0.717) is 30.6 Å². The maximum absolute atomic E-state index is 12.9. The molecule has 1 saturated heterocycles. The van der Waals surface area contributed by atoms with Crippen LogP contribution in [-0.4, -0.2) is 43.3 Å². The lowest BCUT2D eigenvalue weighted by Gasteiger charge is -2.34. The van der Waals surface area contributed by atoms with Gasteiger partial charge in [0.2, 0.25) is 15.9 Å². The van der Waals surface area contributed by atoms with E-state index in [0.717, 1.165) is 6.42 Å². The third-order valence-corrected chi connectivity index (χ3v) is 6.60. The van der Waals surface area contributed by atoms with E-state index >= 15 is 0 Å². The molecular formula is C18H24N4O4S. The molecule has 0 spiro atoms. The van der Waals surface area contributed by atoms with Crippen molar-refractivity contribution in [1.82, 2.24) is 9.73 Å². The van der Waals surface area contributed by atoms with Crippen molar-refractivity contribution in [3.63, 3.8) is 0 Å². The number of anilines is 1. The summed E-state index contributed by atoms with van der Waals surface area (Å²) in [5.41, 5.74) is 2.98. The summed E-state index contributed by atoms with van der Waals surface area (Å²) in [7, 11) is -3.55. The van der Waals surface area contributed by atoms with Crippen LogP contribution in [0.25, 0.3) is 0 Å². The lowest BCUT2D eigenvalue weighted by molar-refractivity contribution is -0.121. The smallest absolute Gasteiger partial charge is 0.271 e. The molecule has 1 aromatic carbocycles. The fraction of sp³-hybridized carbons (Fsp3) is 0.500. The van der Waals surface area contributed by atoms with Crippen molar-refractivity contribution in [3.05, 3.63) is 24.3 Å². The number of carbonyl (C=O) groups is 2. The topological polar surface area (TPSA) is 108 Å². The first-order valence-electron chi connectivity index (χ1n) is 9.02. The maximum Gasteiger partial charge on any atom is 0.271 e. The minimum atomic E-state index is -3.55. The van der Waals surface area contributed by atoms with Crippen LogP contribution >= 0.6 is 0 Å². The summed E-state index contributed by atoms with van der Waals surface area (Å²) in [5.74, 6) is 0.0319. The van der Waals surface area contributed by atoms with E-state index in [9.17, 15) is 18.0 Å². The monoisotopic (exact) mass is 392 g/mol. The fourth-order valence-corrected chi connectivity index (χ4v) is 5.18. The summed E-state index contributed by atoms with van der Waals surface area (Å²) in [6.45, 7) is 5.17. The van der Waals surface area contributed by atoms with Gasteiger partial charge in [-0.1, -0.05) is 13.8 Å². The molecule has 2 aliphatic rings. The van der Waals surface area contributed by atoms with E-state index < -0.39 is 15.9 Å². The van der Waals surface area contributed by atoms with Crippen LogP contribution in [0.2, 0.25) is 0 Å². The van der Waals surface area contributed by atoms with Crippen molar-refractivity contribution in [2.75, 3.05) is 18.4 Å². The van der Waals surface area contributed by atoms with Gasteiger partial charge in [0, 0.05) is 31.6 Å². The Labute approximate surface area is 159 Å². The zero-order valence-electron chi connectivity index (χ0n) is 15.4. The van der Waals surface area contributed by atoms with Gasteiger partial charge in [-0.25, -0.2) is 13.8 Å². The van der Waals surface area contributed by atoms with Gasteiger partial charge in [-0.3, -0.25) is 9.59 Å². The Hall–Kier alpha value is -2.26. The fourth-order valence-electron chi connectivity index (χ4n) is 3.50. The molecule has 2 aliphatic heterocycles. The number of carbonyl (C=O) groups excluding carboxylic acids is 2. The maximum atomic E-state index is 12.9. The standard InChI is InChI=1S/C18H24N4O4S/c1-12-9-13(2)11-22(10-12)27(25,26)15-5-3-14(4-6-15)19-18(24)16-7-8-17(23)21-20-16/h3-6,12-13H,7-11H2,1-2H3,(H,19,24)(H,21,23)/t12-,13+. The second-order valence-electron chi connectivity index (χ2n) is 7.34. The van der Waals surface area contributed by atoms with Gasteiger partial charge in [0.25, 0.3) is 5.91 Å². The number of benzene rings is 1. The Morgan fingerprint density at radius 1 is 1.15 bits per heavy atom. The van der Waals surface area contributed by atoms with E-state index in [-0.39, 0.29) is 29.4 Å². The molecule has 0 bridgehead atoms. The van der Waals surface area contributed by atoms with Crippen LogP contribution in [-0.2, 0) is 19.6 Å². The summed E-state index contributed by atoms with van der Waals surface area (Å²) in [6, 6.07) is 6.12. The minimum absolute atomic E-state index is 0.212. The molecule has 2 amide bonds. The second-order valence-corrected chi connectivity index (χ2v) is 9.28. The van der Waals surface area contributed by atoms with Crippen LogP contribution in [0.15, 0.2) is 34.3 Å². The lowest BCUT2D eigenvalue weighted by Crippen LogP contribution is -2.42. The van der Waals surface area contributed by atoms with Crippen LogP contribution in [0, 0.1) is 11.8 Å². The number of rotatable bonds is 4. The van der Waals surface area contributed by atoms with E-state index in [1.807, 2.05) is 0 Å². The highest BCUT2D eigenvalue weighted by Gasteiger charge is 2.31. The highest BCUT2D eigenvalue weighted by atomic mass is 32.2. The molecule has 146 valence electrons. The molecule has 2 atom stereocenters. The minimum Gasteiger partial charge on any atom is -0.321 e. The first-order valence-corrected chi connectivity index (χ1v) is 10.5. The average Bonchev–Trinajstić information content (AvgIpc) is 2.62. The molecule has 0 aromatic heterocycles. The molecule has 3 rings (SSSR count). The Morgan fingerprint density at radius 3 is 2.33 bits per heavy atom. The van der Waals surface area contributed by atoms with E-state index in [1.54, 1.807) is 16.4 Å². The molecule has 27 heavy (non-hydrogen) atoms. The molecule has 0 aliphatic carbocycles. The van der Waals surface area contributed by atoms with Crippen molar-refractivity contribution in [2.45, 2.75) is 38.0 Å². The molecule has 1 aromatic rings. The molecule has 9 heteroatoms. The molecule has 0 radical (unpaired) electrons. The quantitative estimate of drug-likeness (QED) is 0.810. The molecular weight excluding hydrogens is 368 g/mol. The van der Waals surface area contributed by atoms with Crippen LogP contribution in [0.3, 0.4) is 0 Å². The number of sulfonamides is 1. The zero-order chi connectivity index (χ0) is 19.6. The van der Waals surface area contributed by atoms with Gasteiger partial charge in [-0.15, -0.1) is 0 Å². The summed E-state index contributed by atoms with van der Waals surface area (Å²) < 4.78 is 27.3. The first-order chi connectivity index (χ1) is 12.8. The molecule has 0 saturated carbocycles. The van der Waals surface area contributed by atoms with E-state index in [4.69, 9.17) is 0 Å². The number of hydrazone groups is 1. The zero-order valence-corrected chi connectivity index (χ0v) is 16.3. The van der Waals surface area contributed by atoms with Crippen molar-refractivity contribution >= 4 is 33.2 Å². The van der Waals surface area contributed by atoms with Crippen molar-refractivity contribution < 1.29 is 18.0 Å². The number of piperidine rings is 1. The Bertz CT molecular complexity index is 854. The van der Waals surface area contributed by atoms with Crippen LogP contribution in [0.4, 0.5) is 5.69 Å². The lowest BCUT2D eigenvalue weighted by atomic mass is 9.94. The largest absolute Gasteiger partial charge is 0.321 e. The van der Waals surface area contributed by atoms with Gasteiger partial charge in [0.05, 0.1) is 4.90 Å². The molecule has 8 nitrogen and oxygen atoms in total. The molecule has 2 heterocycles. The van der Waals surface area contributed by atoms with Crippen molar-refractivity contribution in [2.24, 2.45) is 16.9 Å². The van der Waals surface area contributed by atoms with Crippen molar-refractivity contribution in [3.8, 4) is 0 Å². The second kappa shape index (κ2) is 7.77. The summed E-state index contributed by atoms with van der Waals surface area (Å²) >= 11 is 0. The van der Waals surface area contributed by atoms with Crippen LogP contribution in [0.1, 0.15) is 33.1 Å². The van der Waals surface area contributed by atoms with Gasteiger partial charge < -0.3 is 5.32 Å². The predicted molar refractivity (Wildman–Crippen MR) is 102 cm³/mol. The Kier molecular flexibility index (Phi) is 5.61. The number of nitrogens with one attached hydrogen (secondary N) is 2. The normalized spacial score (nSPS) is 24.1. The van der Waals surface area contributed by atoms with Gasteiger partial charge in [0.1, 0.15) is 5.71 Å². The van der Waals surface area contributed by atoms with Gasteiger partial charge in [-0.05, 0) is 42.5 Å². The van der Waals surface area contributed by atoms with Crippen molar-refractivity contribution in [1.29, 1.82) is 0 Å². The summed E-state index contributed by atoms with van der Waals surface area (Å²) in [6.07, 6.45) is 1.52. The summed E-state index contributed by atoms with van der Waals surface area (Å²) in [5, 5.41) is 6.41. The third kappa shape index (κ3) is 4.54. The third-order valence-electron chi connectivity index (χ3n) is 4.75. The summed E-state index contributed by atoms with van der Waals surface area (Å²) in [4.78, 5) is 23.4. The number of nitrogens with zero attached hydrogens (tertiary/aromatic N) is 2. The van der Waals surface area contributed by atoms with Crippen LogP contribution in [0.5, 0.6) is 0 Å². The molecule has 2 N–H and O–H groups in total. The highest BCUT2D eigenvalue weighted by molar-refractivity contribution is 7.89. The Balaban J connectivity index is 1.69.